The number of carbonyl (C=O) groups is 3. The van der Waals surface area contributed by atoms with Crippen LogP contribution in [0.25, 0.3) is 0 Å². The number of amides is 1. The number of benzene rings is 4. The molecule has 0 aromatic heterocycles. The van der Waals surface area contributed by atoms with Crippen molar-refractivity contribution < 1.29 is 33.7 Å². The van der Waals surface area contributed by atoms with Gasteiger partial charge in [-0.3, -0.25) is 9.59 Å². The largest absolute Gasteiger partial charge is 0.485 e. The van der Waals surface area contributed by atoms with Crippen LogP contribution in [0.1, 0.15) is 38.8 Å². The number of hydrogen-bond donors (Lipinski definition) is 2. The molecule has 0 aliphatic rings. The fourth-order valence-electron chi connectivity index (χ4n) is 3.96. The zero-order chi connectivity index (χ0) is 29.9. The molecule has 0 saturated carbocycles. The smallest absolute Gasteiger partial charge is 0.331 e. The maximum Gasteiger partial charge on any atom is 0.331 e. The third kappa shape index (κ3) is 8.52. The molecule has 42 heavy (non-hydrogen) atoms. The SMILES string of the molecule is C[C@@H](O)[C@H](NC(=O)c1cccc(OCc2ccccc2)c1OCc1ccccc1)C(=O)OCC(=O)c1ccc(Br)cc1. The van der Waals surface area contributed by atoms with E-state index in [1.54, 1.807) is 36.4 Å². The van der Waals surface area contributed by atoms with Crippen LogP contribution in [-0.4, -0.2) is 41.5 Å². The van der Waals surface area contributed by atoms with Crippen molar-refractivity contribution in [3.05, 3.63) is 130 Å². The van der Waals surface area contributed by atoms with Gasteiger partial charge in [0, 0.05) is 10.0 Å². The van der Waals surface area contributed by atoms with Gasteiger partial charge in [-0.05, 0) is 42.3 Å². The summed E-state index contributed by atoms with van der Waals surface area (Å²) in [6.07, 6.45) is -1.31. The Morgan fingerprint density at radius 1 is 0.786 bits per heavy atom. The number of rotatable bonds is 13. The first-order valence-corrected chi connectivity index (χ1v) is 14.0. The maximum absolute atomic E-state index is 13.5. The standard InChI is InChI=1S/C33H30BrNO7/c1-22(36)30(33(39)42-21-28(37)25-15-17-26(34)18-16-25)35-32(38)27-13-8-14-29(40-19-23-9-4-2-5-10-23)31(27)41-20-24-11-6-3-7-12-24/h2-18,22,30,36H,19-21H2,1H3,(H,35,38)/t22-,30+/m1/s1. The molecule has 8 nitrogen and oxygen atoms in total. The second kappa shape index (κ2) is 15.0. The molecule has 2 N–H and O–H groups in total. The number of esters is 1. The first-order valence-electron chi connectivity index (χ1n) is 13.2. The van der Waals surface area contributed by atoms with Crippen molar-refractivity contribution in [2.45, 2.75) is 32.3 Å². The summed E-state index contributed by atoms with van der Waals surface area (Å²) in [7, 11) is 0. The highest BCUT2D eigenvalue weighted by Gasteiger charge is 2.30. The van der Waals surface area contributed by atoms with E-state index < -0.39 is 36.4 Å². The Morgan fingerprint density at radius 2 is 1.38 bits per heavy atom. The molecular weight excluding hydrogens is 602 g/mol. The van der Waals surface area contributed by atoms with Gasteiger partial charge in [-0.15, -0.1) is 0 Å². The molecule has 4 rings (SSSR count). The Labute approximate surface area is 252 Å². The molecule has 0 radical (unpaired) electrons. The number of halogens is 1. The summed E-state index contributed by atoms with van der Waals surface area (Å²) >= 11 is 3.30. The van der Waals surface area contributed by atoms with Crippen LogP contribution in [0.3, 0.4) is 0 Å². The number of Topliss-reactive ketones (excluding diaryl/α,β-unsaturated/α-hetero) is 1. The van der Waals surface area contributed by atoms with Crippen LogP contribution in [0, 0.1) is 0 Å². The summed E-state index contributed by atoms with van der Waals surface area (Å²) in [5, 5.41) is 12.8. The molecular formula is C33H30BrNO7. The van der Waals surface area contributed by atoms with E-state index in [2.05, 4.69) is 21.2 Å². The van der Waals surface area contributed by atoms with E-state index in [-0.39, 0.29) is 24.5 Å². The molecule has 0 fully saturated rings. The topological polar surface area (TPSA) is 111 Å². The predicted octanol–water partition coefficient (Wildman–Crippen LogP) is 5.51. The summed E-state index contributed by atoms with van der Waals surface area (Å²) in [5.74, 6) is -1.56. The summed E-state index contributed by atoms with van der Waals surface area (Å²) < 4.78 is 18.1. The Morgan fingerprint density at radius 3 is 1.98 bits per heavy atom. The lowest BCUT2D eigenvalue weighted by atomic mass is 10.1. The molecule has 0 bridgehead atoms. The van der Waals surface area contributed by atoms with Crippen molar-refractivity contribution in [2.75, 3.05) is 6.61 Å². The first-order chi connectivity index (χ1) is 20.3. The third-order valence-corrected chi connectivity index (χ3v) is 6.75. The lowest BCUT2D eigenvalue weighted by Gasteiger charge is -2.21. The van der Waals surface area contributed by atoms with Gasteiger partial charge in [0.25, 0.3) is 5.91 Å². The van der Waals surface area contributed by atoms with E-state index >= 15 is 0 Å². The monoisotopic (exact) mass is 631 g/mol. The highest BCUT2D eigenvalue weighted by atomic mass is 79.9. The van der Waals surface area contributed by atoms with Crippen molar-refractivity contribution in [1.82, 2.24) is 5.32 Å². The van der Waals surface area contributed by atoms with Gasteiger partial charge in [0.2, 0.25) is 0 Å². The van der Waals surface area contributed by atoms with Gasteiger partial charge in [0.1, 0.15) is 13.2 Å². The molecule has 2 atom stereocenters. The summed E-state index contributed by atoms with van der Waals surface area (Å²) in [5.41, 5.74) is 2.26. The molecule has 9 heteroatoms. The van der Waals surface area contributed by atoms with Crippen LogP contribution >= 0.6 is 15.9 Å². The number of aliphatic hydroxyl groups is 1. The number of aliphatic hydroxyl groups excluding tert-OH is 1. The van der Waals surface area contributed by atoms with Crippen LogP contribution in [0.15, 0.2) is 108 Å². The average Bonchev–Trinajstić information content (AvgIpc) is 3.01. The normalized spacial score (nSPS) is 12.1. The lowest BCUT2D eigenvalue weighted by molar-refractivity contribution is -0.147. The third-order valence-electron chi connectivity index (χ3n) is 6.22. The van der Waals surface area contributed by atoms with Gasteiger partial charge in [-0.1, -0.05) is 94.8 Å². The molecule has 4 aromatic rings. The molecule has 4 aromatic carbocycles. The van der Waals surface area contributed by atoms with E-state index in [0.29, 0.717) is 11.3 Å². The zero-order valence-electron chi connectivity index (χ0n) is 22.9. The van der Waals surface area contributed by atoms with Crippen LogP contribution in [-0.2, 0) is 22.7 Å². The Kier molecular flexibility index (Phi) is 10.9. The summed E-state index contributed by atoms with van der Waals surface area (Å²) in [6, 6.07) is 29.0. The van der Waals surface area contributed by atoms with Gasteiger partial charge in [-0.2, -0.15) is 0 Å². The van der Waals surface area contributed by atoms with Crippen molar-refractivity contribution in [3.8, 4) is 11.5 Å². The lowest BCUT2D eigenvalue weighted by Crippen LogP contribution is -2.49. The second-order valence-corrected chi connectivity index (χ2v) is 10.3. The van der Waals surface area contributed by atoms with Crippen molar-refractivity contribution in [3.63, 3.8) is 0 Å². The van der Waals surface area contributed by atoms with Gasteiger partial charge >= 0.3 is 5.97 Å². The molecule has 0 aliphatic carbocycles. The number of ketones is 1. The minimum absolute atomic E-state index is 0.0980. The van der Waals surface area contributed by atoms with Gasteiger partial charge in [0.05, 0.1) is 11.7 Å². The van der Waals surface area contributed by atoms with E-state index in [1.807, 2.05) is 60.7 Å². The van der Waals surface area contributed by atoms with Crippen LogP contribution in [0.4, 0.5) is 0 Å². The number of para-hydroxylation sites is 1. The highest BCUT2D eigenvalue weighted by molar-refractivity contribution is 9.10. The van der Waals surface area contributed by atoms with Crippen LogP contribution in [0.5, 0.6) is 11.5 Å². The van der Waals surface area contributed by atoms with E-state index in [9.17, 15) is 19.5 Å². The van der Waals surface area contributed by atoms with Gasteiger partial charge in [-0.25, -0.2) is 4.79 Å². The summed E-state index contributed by atoms with van der Waals surface area (Å²) in [6.45, 7) is 1.19. The quantitative estimate of drug-likeness (QED) is 0.148. The number of hydrogen-bond acceptors (Lipinski definition) is 7. The minimum atomic E-state index is -1.44. The molecule has 0 saturated heterocycles. The Balaban J connectivity index is 1.50. The molecule has 0 aliphatic heterocycles. The predicted molar refractivity (Wildman–Crippen MR) is 160 cm³/mol. The van der Waals surface area contributed by atoms with Gasteiger partial charge in [0.15, 0.2) is 29.9 Å². The Bertz CT molecular complexity index is 1490. The van der Waals surface area contributed by atoms with Gasteiger partial charge < -0.3 is 24.6 Å². The average molecular weight is 633 g/mol. The first kappa shape index (κ1) is 30.5. The molecule has 0 spiro atoms. The van der Waals surface area contributed by atoms with E-state index in [1.165, 1.54) is 13.0 Å². The van der Waals surface area contributed by atoms with E-state index in [4.69, 9.17) is 14.2 Å². The maximum atomic E-state index is 13.5. The number of nitrogens with one attached hydrogen (secondary N) is 1. The van der Waals surface area contributed by atoms with E-state index in [0.717, 1.165) is 15.6 Å². The van der Waals surface area contributed by atoms with Crippen LogP contribution in [0.2, 0.25) is 0 Å². The van der Waals surface area contributed by atoms with Crippen molar-refractivity contribution in [1.29, 1.82) is 0 Å². The molecule has 216 valence electrons. The minimum Gasteiger partial charge on any atom is -0.485 e. The zero-order valence-corrected chi connectivity index (χ0v) is 24.5. The number of ether oxygens (including phenoxy) is 3. The fourth-order valence-corrected chi connectivity index (χ4v) is 4.23. The van der Waals surface area contributed by atoms with Crippen molar-refractivity contribution in [2.24, 2.45) is 0 Å². The summed E-state index contributed by atoms with van der Waals surface area (Å²) in [4.78, 5) is 38.8. The second-order valence-electron chi connectivity index (χ2n) is 9.41. The Hall–Kier alpha value is -4.47. The fraction of sp³-hybridized carbons (Fsp3) is 0.182. The van der Waals surface area contributed by atoms with Crippen LogP contribution < -0.4 is 14.8 Å². The molecule has 0 heterocycles. The number of carbonyl (C=O) groups excluding carboxylic acids is 3. The molecule has 1 amide bonds. The van der Waals surface area contributed by atoms with Crippen molar-refractivity contribution >= 4 is 33.6 Å². The molecule has 0 unspecified atom stereocenters. The highest BCUT2D eigenvalue weighted by Crippen LogP contribution is 2.33.